The Balaban J connectivity index is 1.29. The number of nitrogens with zero attached hydrogens (tertiary/aromatic N) is 2. The third-order valence-electron chi connectivity index (χ3n) is 10.6. The summed E-state index contributed by atoms with van der Waals surface area (Å²) in [6, 6.07) is 76.6. The molecule has 0 N–H and O–H groups in total. The molecule has 0 saturated carbocycles. The van der Waals surface area contributed by atoms with Gasteiger partial charge in [-0.05, 0) is 0 Å². The minimum absolute atomic E-state index is 1.19. The summed E-state index contributed by atoms with van der Waals surface area (Å²) < 4.78 is 10.5. The second-order valence-corrected chi connectivity index (χ2v) is 21.3. The van der Waals surface area contributed by atoms with Crippen molar-refractivity contribution < 1.29 is 0 Å². The molecular formula is C48H34GeN2. The van der Waals surface area contributed by atoms with Gasteiger partial charge in [-0.25, -0.2) is 0 Å². The van der Waals surface area contributed by atoms with Gasteiger partial charge in [-0.2, -0.15) is 0 Å². The maximum absolute atomic E-state index is 3.68. The standard InChI is InChI=1S/C48H34GeN2/c1-3-17-35(18-4-1)49(36-19-5-2-6-20-36,37-21-15-23-39(33-37)50-45-29-11-7-25-41(45)42-26-8-12-30-46(42)50)38-22-16-24-40(34-38)51-47-31-13-9-27-43(47)44-28-10-14-32-48(44)51/h1-34H. The van der Waals surface area contributed by atoms with Crippen molar-refractivity contribution in [2.24, 2.45) is 0 Å². The molecule has 3 heteroatoms. The Bertz CT molecular complexity index is 2560. The third-order valence-corrected chi connectivity index (χ3v) is 20.6. The van der Waals surface area contributed by atoms with E-state index in [2.05, 4.69) is 215 Å². The predicted octanol–water partition coefficient (Wildman–Crippen LogP) is 9.26. The fourth-order valence-electron chi connectivity index (χ4n) is 8.53. The van der Waals surface area contributed by atoms with Crippen molar-refractivity contribution in [1.82, 2.24) is 9.13 Å². The van der Waals surface area contributed by atoms with Crippen molar-refractivity contribution in [2.75, 3.05) is 0 Å². The van der Waals surface area contributed by atoms with Crippen LogP contribution in [0.2, 0.25) is 0 Å². The predicted molar refractivity (Wildman–Crippen MR) is 219 cm³/mol. The van der Waals surface area contributed by atoms with E-state index in [0.29, 0.717) is 0 Å². The number of hydrogen-bond donors (Lipinski definition) is 0. The normalized spacial score (nSPS) is 11.9. The van der Waals surface area contributed by atoms with Gasteiger partial charge in [0, 0.05) is 0 Å². The summed E-state index contributed by atoms with van der Waals surface area (Å²) in [5, 5.41) is 5.10. The number of benzene rings is 8. The van der Waals surface area contributed by atoms with Gasteiger partial charge in [0.15, 0.2) is 0 Å². The van der Waals surface area contributed by atoms with E-state index in [9.17, 15) is 0 Å². The number of para-hydroxylation sites is 4. The monoisotopic (exact) mass is 712 g/mol. The van der Waals surface area contributed by atoms with Crippen molar-refractivity contribution in [1.29, 1.82) is 0 Å². The van der Waals surface area contributed by atoms with Crippen LogP contribution in [0, 0.1) is 0 Å². The summed E-state index contributed by atoms with van der Waals surface area (Å²) in [6.07, 6.45) is 0. The van der Waals surface area contributed by atoms with Crippen LogP contribution >= 0.6 is 0 Å². The van der Waals surface area contributed by atoms with Crippen LogP contribution in [-0.4, -0.2) is 22.4 Å². The number of fused-ring (bicyclic) bond motifs is 6. The van der Waals surface area contributed by atoms with Crippen LogP contribution in [0.1, 0.15) is 0 Å². The summed E-state index contributed by atoms with van der Waals surface area (Å²) in [5.74, 6) is 0. The van der Waals surface area contributed by atoms with Crippen molar-refractivity contribution in [3.8, 4) is 11.4 Å². The summed E-state index contributed by atoms with van der Waals surface area (Å²) in [7, 11) is 0. The molecule has 2 nitrogen and oxygen atoms in total. The van der Waals surface area contributed by atoms with Crippen LogP contribution in [0.5, 0.6) is 0 Å². The molecule has 10 aromatic rings. The molecule has 0 unspecified atom stereocenters. The van der Waals surface area contributed by atoms with Gasteiger partial charge in [-0.15, -0.1) is 0 Å². The van der Waals surface area contributed by atoms with Gasteiger partial charge >= 0.3 is 301 Å². The molecule has 0 aliphatic carbocycles. The first-order valence-corrected chi connectivity index (χ1v) is 21.8. The van der Waals surface area contributed by atoms with Gasteiger partial charge in [-0.1, -0.05) is 0 Å². The topological polar surface area (TPSA) is 9.86 Å². The van der Waals surface area contributed by atoms with E-state index in [1.54, 1.807) is 0 Å². The van der Waals surface area contributed by atoms with Gasteiger partial charge in [0.1, 0.15) is 0 Å². The number of aromatic nitrogens is 2. The van der Waals surface area contributed by atoms with E-state index in [0.717, 1.165) is 0 Å². The zero-order valence-corrected chi connectivity index (χ0v) is 30.1. The Morgan fingerprint density at radius 3 is 0.902 bits per heavy atom. The first-order valence-electron chi connectivity index (χ1n) is 17.6. The Morgan fingerprint density at radius 1 is 0.255 bits per heavy atom. The van der Waals surface area contributed by atoms with Crippen molar-refractivity contribution in [3.05, 3.63) is 206 Å². The van der Waals surface area contributed by atoms with Gasteiger partial charge < -0.3 is 0 Å². The Hall–Kier alpha value is -6.10. The second kappa shape index (κ2) is 12.0. The molecule has 10 rings (SSSR count). The first kappa shape index (κ1) is 29.8. The number of hydrogen-bond acceptors (Lipinski definition) is 0. The fourth-order valence-corrected chi connectivity index (χ4v) is 18.6. The van der Waals surface area contributed by atoms with Crippen molar-refractivity contribution in [2.45, 2.75) is 0 Å². The molecule has 51 heavy (non-hydrogen) atoms. The summed E-state index contributed by atoms with van der Waals surface area (Å²) in [5.41, 5.74) is 7.27. The molecule has 0 saturated heterocycles. The maximum atomic E-state index is 2.49. The van der Waals surface area contributed by atoms with Gasteiger partial charge in [0.25, 0.3) is 0 Å². The SMILES string of the molecule is c1cc[c]([Ge]([c]2ccccc2)([c]2cccc(-n3c4ccccc4c4ccccc43)c2)[c]2cccc(-n3c4ccccc4c4ccccc43)c2)cc1. The molecule has 0 bridgehead atoms. The van der Waals surface area contributed by atoms with Crippen LogP contribution in [0.4, 0.5) is 0 Å². The molecule has 2 heterocycles. The van der Waals surface area contributed by atoms with Crippen LogP contribution in [0.3, 0.4) is 0 Å². The average molecular weight is 711 g/mol. The van der Waals surface area contributed by atoms with Gasteiger partial charge in [-0.3, -0.25) is 0 Å². The molecule has 0 aliphatic rings. The minimum atomic E-state index is -3.68. The Morgan fingerprint density at radius 2 is 0.549 bits per heavy atom. The third kappa shape index (κ3) is 4.57. The zero-order chi connectivity index (χ0) is 33.8. The zero-order valence-electron chi connectivity index (χ0n) is 28.0. The molecule has 0 spiro atoms. The first-order chi connectivity index (χ1) is 25.3. The Labute approximate surface area is 299 Å². The van der Waals surface area contributed by atoms with Crippen LogP contribution in [-0.2, 0) is 0 Å². The average Bonchev–Trinajstić information content (AvgIpc) is 3.73. The quantitative estimate of drug-likeness (QED) is 0.152. The molecule has 0 amide bonds. The molecule has 0 atom stereocenters. The van der Waals surface area contributed by atoms with Crippen LogP contribution in [0.25, 0.3) is 55.0 Å². The molecule has 0 fully saturated rings. The van der Waals surface area contributed by atoms with Crippen LogP contribution < -0.4 is 17.6 Å². The van der Waals surface area contributed by atoms with E-state index in [1.165, 1.54) is 72.6 Å². The molecule has 240 valence electrons. The molecular weight excluding hydrogens is 677 g/mol. The van der Waals surface area contributed by atoms with E-state index < -0.39 is 13.3 Å². The van der Waals surface area contributed by atoms with Crippen molar-refractivity contribution in [3.63, 3.8) is 0 Å². The van der Waals surface area contributed by atoms with Crippen molar-refractivity contribution >= 4 is 74.5 Å². The molecule has 8 aromatic carbocycles. The summed E-state index contributed by atoms with van der Waals surface area (Å²) >= 11 is -3.68. The van der Waals surface area contributed by atoms with E-state index in [-0.39, 0.29) is 0 Å². The molecule has 0 radical (unpaired) electrons. The molecule has 0 aliphatic heterocycles. The van der Waals surface area contributed by atoms with E-state index in [4.69, 9.17) is 0 Å². The second-order valence-electron chi connectivity index (χ2n) is 13.3. The number of rotatable bonds is 6. The van der Waals surface area contributed by atoms with Gasteiger partial charge in [0.2, 0.25) is 0 Å². The molecule has 2 aromatic heterocycles. The van der Waals surface area contributed by atoms with E-state index in [1.807, 2.05) is 0 Å². The summed E-state index contributed by atoms with van der Waals surface area (Å²) in [6.45, 7) is 0. The van der Waals surface area contributed by atoms with Gasteiger partial charge in [0.05, 0.1) is 0 Å². The Kier molecular flexibility index (Phi) is 7.04. The van der Waals surface area contributed by atoms with Crippen LogP contribution in [0.15, 0.2) is 206 Å². The van der Waals surface area contributed by atoms with E-state index >= 15 is 0 Å². The summed E-state index contributed by atoms with van der Waals surface area (Å²) in [4.78, 5) is 0. The fraction of sp³-hybridized carbons (Fsp3) is 0.